The number of aromatic nitrogens is 1. The second kappa shape index (κ2) is 7.53. The van der Waals surface area contributed by atoms with Gasteiger partial charge in [-0.15, -0.1) is 0 Å². The van der Waals surface area contributed by atoms with Crippen LogP contribution in [-0.2, 0) is 15.9 Å². The summed E-state index contributed by atoms with van der Waals surface area (Å²) in [6.07, 6.45) is -7.81. The van der Waals surface area contributed by atoms with Crippen LogP contribution in [0.3, 0.4) is 0 Å². The lowest BCUT2D eigenvalue weighted by Gasteiger charge is -2.39. The fourth-order valence-electron chi connectivity index (χ4n) is 2.38. The maximum absolute atomic E-state index is 14.2. The van der Waals surface area contributed by atoms with Gasteiger partial charge in [0.05, 0.1) is 4.90 Å². The van der Waals surface area contributed by atoms with Gasteiger partial charge in [-0.05, 0) is 18.2 Å². The fourth-order valence-corrected chi connectivity index (χ4v) is 3.60. The zero-order valence-electron chi connectivity index (χ0n) is 15.2. The molecule has 0 atom stereocenters. The molecule has 1 aromatic carbocycles. The van der Waals surface area contributed by atoms with Gasteiger partial charge in [0.15, 0.2) is 0 Å². The molecule has 2 aromatic rings. The monoisotopic (exact) mass is 525 g/mol. The number of alkyl halides is 13. The Kier molecular flexibility index (Phi) is 6.11. The predicted molar refractivity (Wildman–Crippen MR) is 83.2 cm³/mol. The van der Waals surface area contributed by atoms with Crippen LogP contribution in [0.1, 0.15) is 5.56 Å². The second-order valence-corrected chi connectivity index (χ2v) is 8.26. The highest BCUT2D eigenvalue weighted by Gasteiger charge is 2.90. The molecule has 0 radical (unpaired) electrons. The van der Waals surface area contributed by atoms with Crippen molar-refractivity contribution in [3.63, 3.8) is 0 Å². The molecule has 33 heavy (non-hydrogen) atoms. The first-order valence-corrected chi connectivity index (χ1v) is 9.45. The molecule has 0 bridgehead atoms. The van der Waals surface area contributed by atoms with Crippen molar-refractivity contribution in [3.8, 4) is 0 Å². The summed E-state index contributed by atoms with van der Waals surface area (Å²) < 4.78 is 196. The Hall–Kier alpha value is -2.46. The van der Waals surface area contributed by atoms with E-state index in [1.54, 1.807) is 0 Å². The van der Waals surface area contributed by atoms with Crippen LogP contribution in [0.2, 0.25) is 0 Å². The minimum atomic E-state index is -8.04. The molecule has 2 rings (SSSR count). The van der Waals surface area contributed by atoms with Gasteiger partial charge in [-0.1, -0.05) is 18.2 Å². The van der Waals surface area contributed by atoms with Crippen molar-refractivity contribution in [1.29, 1.82) is 0 Å². The molecule has 0 aliphatic heterocycles. The number of hydrogen-bond donors (Lipinski definition) is 0. The maximum atomic E-state index is 14.2. The van der Waals surface area contributed by atoms with E-state index in [9.17, 15) is 65.5 Å². The Morgan fingerprint density at radius 1 is 0.606 bits per heavy atom. The Morgan fingerprint density at radius 2 is 1.06 bits per heavy atom. The third kappa shape index (κ3) is 3.73. The Labute approximate surface area is 175 Å². The predicted octanol–water partition coefficient (Wildman–Crippen LogP) is 5.92. The molecular formula is C16H8F13NO2S. The SMILES string of the molecule is O=S(=O)(c1ccccc1)n1ccc(C(F)(F)C(F)(F)C(F)(F)C(F)(F)C(F)(F)C(F)(F)F)c1. The van der Waals surface area contributed by atoms with Gasteiger partial charge in [-0.25, -0.2) is 12.4 Å². The van der Waals surface area contributed by atoms with Crippen LogP contribution in [0.25, 0.3) is 0 Å². The summed E-state index contributed by atoms with van der Waals surface area (Å²) in [7, 11) is -4.80. The molecule has 0 fully saturated rings. The Bertz CT molecular complexity index is 1100. The molecule has 0 amide bonds. The smallest absolute Gasteiger partial charge is 0.249 e. The normalized spacial score (nSPS) is 15.1. The average Bonchev–Trinajstić information content (AvgIpc) is 3.19. The van der Waals surface area contributed by atoms with Crippen LogP contribution < -0.4 is 0 Å². The summed E-state index contributed by atoms with van der Waals surface area (Å²) >= 11 is 0. The van der Waals surface area contributed by atoms with Gasteiger partial charge in [0.25, 0.3) is 10.0 Å². The molecule has 0 aliphatic rings. The van der Waals surface area contributed by atoms with Crippen molar-refractivity contribution in [1.82, 2.24) is 3.97 Å². The minimum absolute atomic E-state index is 0.113. The molecule has 17 heteroatoms. The lowest BCUT2D eigenvalue weighted by molar-refractivity contribution is -0.441. The Balaban J connectivity index is 2.58. The third-order valence-corrected chi connectivity index (χ3v) is 5.93. The number of halogens is 13. The quantitative estimate of drug-likeness (QED) is 0.421. The summed E-state index contributed by atoms with van der Waals surface area (Å²) in [5.41, 5.74) is -2.39. The highest BCUT2D eigenvalue weighted by atomic mass is 32.2. The van der Waals surface area contributed by atoms with Gasteiger partial charge < -0.3 is 0 Å². The fraction of sp³-hybridized carbons (Fsp3) is 0.375. The van der Waals surface area contributed by atoms with Gasteiger partial charge in [-0.2, -0.15) is 57.1 Å². The highest BCUT2D eigenvalue weighted by Crippen LogP contribution is 2.62. The van der Waals surface area contributed by atoms with E-state index in [4.69, 9.17) is 0 Å². The van der Waals surface area contributed by atoms with Crippen LogP contribution in [-0.4, -0.2) is 42.3 Å². The summed E-state index contributed by atoms with van der Waals surface area (Å²) in [6.45, 7) is 0. The van der Waals surface area contributed by atoms with Gasteiger partial charge in [-0.3, -0.25) is 0 Å². The van der Waals surface area contributed by atoms with Crippen molar-refractivity contribution in [2.24, 2.45) is 0 Å². The highest BCUT2D eigenvalue weighted by molar-refractivity contribution is 7.90. The van der Waals surface area contributed by atoms with E-state index in [1.807, 2.05) is 0 Å². The molecular weight excluding hydrogens is 517 g/mol. The molecule has 0 saturated carbocycles. The maximum Gasteiger partial charge on any atom is 0.460 e. The van der Waals surface area contributed by atoms with Gasteiger partial charge in [0.2, 0.25) is 0 Å². The Morgan fingerprint density at radius 3 is 1.52 bits per heavy atom. The number of rotatable bonds is 7. The van der Waals surface area contributed by atoms with Crippen LogP contribution in [0.15, 0.2) is 53.7 Å². The van der Waals surface area contributed by atoms with E-state index in [-0.39, 0.29) is 16.2 Å². The van der Waals surface area contributed by atoms with Crippen molar-refractivity contribution in [2.75, 3.05) is 0 Å². The van der Waals surface area contributed by atoms with Crippen molar-refractivity contribution in [3.05, 3.63) is 54.4 Å². The molecule has 0 N–H and O–H groups in total. The molecule has 186 valence electrons. The third-order valence-electron chi connectivity index (χ3n) is 4.28. The lowest BCUT2D eigenvalue weighted by Crippen LogP contribution is -2.69. The number of hydrogen-bond acceptors (Lipinski definition) is 2. The van der Waals surface area contributed by atoms with Crippen LogP contribution in [0, 0.1) is 0 Å². The molecule has 1 aromatic heterocycles. The lowest BCUT2D eigenvalue weighted by atomic mass is 9.91. The molecule has 0 unspecified atom stereocenters. The summed E-state index contributed by atoms with van der Waals surface area (Å²) in [4.78, 5) is -0.621. The van der Waals surface area contributed by atoms with Crippen LogP contribution >= 0.6 is 0 Å². The first-order valence-electron chi connectivity index (χ1n) is 8.01. The zero-order chi connectivity index (χ0) is 25.9. The van der Waals surface area contributed by atoms with Gasteiger partial charge >= 0.3 is 35.8 Å². The van der Waals surface area contributed by atoms with E-state index in [0.29, 0.717) is 0 Å². The first-order chi connectivity index (χ1) is 14.6. The topological polar surface area (TPSA) is 39.1 Å². The van der Waals surface area contributed by atoms with E-state index in [2.05, 4.69) is 0 Å². The summed E-state index contributed by atoms with van der Waals surface area (Å²) in [6, 6.07) is 5.15. The summed E-state index contributed by atoms with van der Waals surface area (Å²) in [5.74, 6) is -37.9. The molecule has 0 aliphatic carbocycles. The largest absolute Gasteiger partial charge is 0.460 e. The van der Waals surface area contributed by atoms with Crippen LogP contribution in [0.5, 0.6) is 0 Å². The van der Waals surface area contributed by atoms with Crippen molar-refractivity contribution in [2.45, 2.75) is 40.7 Å². The number of benzene rings is 1. The first kappa shape index (κ1) is 26.8. The van der Waals surface area contributed by atoms with E-state index < -0.39 is 62.5 Å². The second-order valence-electron chi connectivity index (χ2n) is 6.42. The molecule has 1 heterocycles. The standard InChI is InChI=1S/C16H8F13NO2S/c17-11(18,9-6-7-30(8-9)33(31,32)10-4-2-1-3-5-10)12(19,20)13(21,22)14(23,24)15(25,26)16(27,28)29/h1-8H. The molecule has 3 nitrogen and oxygen atoms in total. The van der Waals surface area contributed by atoms with Crippen molar-refractivity contribution < 1.29 is 65.5 Å². The average molecular weight is 525 g/mol. The van der Waals surface area contributed by atoms with E-state index in [0.717, 1.165) is 24.3 Å². The summed E-state index contributed by atoms with van der Waals surface area (Å²) in [5, 5.41) is 0. The zero-order valence-corrected chi connectivity index (χ0v) is 16.0. The van der Waals surface area contributed by atoms with Gasteiger partial charge in [0, 0.05) is 18.0 Å². The molecule has 0 spiro atoms. The van der Waals surface area contributed by atoms with E-state index >= 15 is 0 Å². The minimum Gasteiger partial charge on any atom is -0.249 e. The van der Waals surface area contributed by atoms with Crippen LogP contribution in [0.4, 0.5) is 57.1 Å². The van der Waals surface area contributed by atoms with Crippen molar-refractivity contribution >= 4 is 10.0 Å². The van der Waals surface area contributed by atoms with E-state index in [1.165, 1.54) is 6.07 Å². The van der Waals surface area contributed by atoms with Gasteiger partial charge in [0.1, 0.15) is 0 Å². The molecule has 0 saturated heterocycles. The number of nitrogens with zero attached hydrogens (tertiary/aromatic N) is 1.